The van der Waals surface area contributed by atoms with Gasteiger partial charge in [0.05, 0.1) is 0 Å². The van der Waals surface area contributed by atoms with Crippen molar-refractivity contribution in [3.05, 3.63) is 96.1 Å². The minimum Gasteiger partial charge on any atom is -0.449 e. The molecule has 0 heterocycles. The molecule has 0 aliphatic heterocycles. The van der Waals surface area contributed by atoms with Gasteiger partial charge < -0.3 is 10.1 Å². The Morgan fingerprint density at radius 3 is 2.28 bits per heavy atom. The zero-order valence-electron chi connectivity index (χ0n) is 16.5. The van der Waals surface area contributed by atoms with Crippen molar-refractivity contribution in [2.45, 2.75) is 20.0 Å². The summed E-state index contributed by atoms with van der Waals surface area (Å²) in [5.74, 6) is -0.949. The Morgan fingerprint density at radius 1 is 0.897 bits per heavy atom. The lowest BCUT2D eigenvalue weighted by molar-refractivity contribution is -0.148. The number of esters is 1. The molecular formula is C25H23NO3. The van der Waals surface area contributed by atoms with E-state index in [0.717, 1.165) is 22.3 Å². The van der Waals surface area contributed by atoms with Gasteiger partial charge in [0.15, 0.2) is 6.10 Å². The van der Waals surface area contributed by atoms with Crippen molar-refractivity contribution in [3.63, 3.8) is 0 Å². The molecule has 4 heteroatoms. The van der Waals surface area contributed by atoms with E-state index in [2.05, 4.69) is 5.32 Å². The maximum absolute atomic E-state index is 12.5. The summed E-state index contributed by atoms with van der Waals surface area (Å²) in [4.78, 5) is 24.6. The van der Waals surface area contributed by atoms with Crippen LogP contribution < -0.4 is 5.32 Å². The van der Waals surface area contributed by atoms with Crippen LogP contribution in [0.1, 0.15) is 18.1 Å². The Balaban J connectivity index is 1.62. The second-order valence-electron chi connectivity index (χ2n) is 6.72. The van der Waals surface area contributed by atoms with Gasteiger partial charge in [0.2, 0.25) is 0 Å². The van der Waals surface area contributed by atoms with Crippen molar-refractivity contribution in [1.82, 2.24) is 0 Å². The highest BCUT2D eigenvalue weighted by Gasteiger charge is 2.18. The van der Waals surface area contributed by atoms with Crippen LogP contribution in [0.3, 0.4) is 0 Å². The summed E-state index contributed by atoms with van der Waals surface area (Å²) >= 11 is 0. The molecule has 1 N–H and O–H groups in total. The molecular weight excluding hydrogens is 362 g/mol. The molecule has 1 atom stereocenters. The van der Waals surface area contributed by atoms with E-state index in [0.29, 0.717) is 5.69 Å². The first-order chi connectivity index (χ1) is 14.0. The van der Waals surface area contributed by atoms with Crippen molar-refractivity contribution >= 4 is 23.6 Å². The van der Waals surface area contributed by atoms with Crippen molar-refractivity contribution in [2.75, 3.05) is 5.32 Å². The summed E-state index contributed by atoms with van der Waals surface area (Å²) in [6.07, 6.45) is 2.07. The summed E-state index contributed by atoms with van der Waals surface area (Å²) in [6, 6.07) is 25.1. The lowest BCUT2D eigenvalue weighted by Gasteiger charge is -2.15. The van der Waals surface area contributed by atoms with E-state index in [1.807, 2.05) is 85.8 Å². The molecule has 3 aromatic carbocycles. The van der Waals surface area contributed by atoms with Crippen LogP contribution >= 0.6 is 0 Å². The molecule has 0 saturated carbocycles. The quantitative estimate of drug-likeness (QED) is 0.466. The van der Waals surface area contributed by atoms with Crippen LogP contribution in [-0.2, 0) is 14.3 Å². The third-order valence-corrected chi connectivity index (χ3v) is 4.42. The maximum Gasteiger partial charge on any atom is 0.331 e. The average Bonchev–Trinajstić information content (AvgIpc) is 2.74. The monoisotopic (exact) mass is 385 g/mol. The molecule has 0 saturated heterocycles. The number of carbonyl (C=O) groups excluding carboxylic acids is 2. The van der Waals surface area contributed by atoms with Gasteiger partial charge in [0, 0.05) is 17.3 Å². The van der Waals surface area contributed by atoms with Gasteiger partial charge in [-0.2, -0.15) is 0 Å². The van der Waals surface area contributed by atoms with Crippen molar-refractivity contribution in [1.29, 1.82) is 0 Å². The van der Waals surface area contributed by atoms with Gasteiger partial charge in [-0.25, -0.2) is 4.79 Å². The normalized spacial score (nSPS) is 11.8. The molecule has 1 amide bonds. The number of ether oxygens (including phenoxy) is 1. The van der Waals surface area contributed by atoms with Gasteiger partial charge >= 0.3 is 5.97 Å². The van der Waals surface area contributed by atoms with E-state index < -0.39 is 12.1 Å². The first-order valence-corrected chi connectivity index (χ1v) is 9.43. The number of rotatable bonds is 6. The van der Waals surface area contributed by atoms with Crippen molar-refractivity contribution < 1.29 is 14.3 Å². The number of amides is 1. The molecule has 0 aromatic heterocycles. The third-order valence-electron chi connectivity index (χ3n) is 4.42. The zero-order chi connectivity index (χ0) is 20.6. The number of hydrogen-bond acceptors (Lipinski definition) is 3. The number of carbonyl (C=O) groups is 2. The molecule has 0 radical (unpaired) electrons. The topological polar surface area (TPSA) is 55.4 Å². The molecule has 0 aliphatic rings. The number of aryl methyl sites for hydroxylation is 1. The van der Waals surface area contributed by atoms with Crippen molar-refractivity contribution in [3.8, 4) is 11.1 Å². The van der Waals surface area contributed by atoms with Gasteiger partial charge in [-0.15, -0.1) is 0 Å². The highest BCUT2D eigenvalue weighted by molar-refractivity contribution is 5.99. The Kier molecular flexibility index (Phi) is 6.59. The van der Waals surface area contributed by atoms with E-state index in [4.69, 9.17) is 4.74 Å². The first kappa shape index (κ1) is 20.1. The van der Waals surface area contributed by atoms with Gasteiger partial charge in [-0.1, -0.05) is 78.4 Å². The number of hydrogen-bond donors (Lipinski definition) is 1. The summed E-state index contributed by atoms with van der Waals surface area (Å²) < 4.78 is 5.24. The molecule has 3 rings (SSSR count). The summed E-state index contributed by atoms with van der Waals surface area (Å²) in [6.45, 7) is 3.55. The highest BCUT2D eigenvalue weighted by atomic mass is 16.5. The Labute approximate surface area is 170 Å². The molecule has 0 aliphatic carbocycles. The van der Waals surface area contributed by atoms with E-state index >= 15 is 0 Å². The fourth-order valence-corrected chi connectivity index (χ4v) is 2.80. The molecule has 3 aromatic rings. The van der Waals surface area contributed by atoms with E-state index in [1.165, 1.54) is 6.08 Å². The largest absolute Gasteiger partial charge is 0.449 e. The van der Waals surface area contributed by atoms with Crippen LogP contribution in [0.15, 0.2) is 84.9 Å². The minimum atomic E-state index is -0.922. The first-order valence-electron chi connectivity index (χ1n) is 9.43. The van der Waals surface area contributed by atoms with E-state index in [-0.39, 0.29) is 5.91 Å². The Hall–Kier alpha value is -3.66. The van der Waals surface area contributed by atoms with Gasteiger partial charge in [-0.05, 0) is 37.1 Å². The predicted octanol–water partition coefficient (Wildman–Crippen LogP) is 5.25. The van der Waals surface area contributed by atoms with Crippen LogP contribution in [0.5, 0.6) is 0 Å². The van der Waals surface area contributed by atoms with Crippen LogP contribution in [0, 0.1) is 6.92 Å². The van der Waals surface area contributed by atoms with Crippen LogP contribution in [0.4, 0.5) is 5.69 Å². The third kappa shape index (κ3) is 5.66. The predicted molar refractivity (Wildman–Crippen MR) is 116 cm³/mol. The standard InChI is InChI=1S/C25H23NO3/c1-18-12-14-20(15-13-18)16-17-24(27)29-19(2)25(28)26-23-11-7-6-10-22(23)21-8-4-3-5-9-21/h3-17,19H,1-2H3,(H,26,28)/b17-16+/t19-/m0/s1. The van der Waals surface area contributed by atoms with Crippen molar-refractivity contribution in [2.24, 2.45) is 0 Å². The lowest BCUT2D eigenvalue weighted by Crippen LogP contribution is -2.29. The number of anilines is 1. The lowest BCUT2D eigenvalue weighted by atomic mass is 10.0. The zero-order valence-corrected chi connectivity index (χ0v) is 16.5. The van der Waals surface area contributed by atoms with E-state index in [1.54, 1.807) is 13.0 Å². The molecule has 0 spiro atoms. The van der Waals surface area contributed by atoms with Gasteiger partial charge in [0.25, 0.3) is 5.91 Å². The average molecular weight is 385 g/mol. The van der Waals surface area contributed by atoms with Crippen LogP contribution in [0.2, 0.25) is 0 Å². The minimum absolute atomic E-state index is 0.384. The molecule has 4 nitrogen and oxygen atoms in total. The van der Waals surface area contributed by atoms with Gasteiger partial charge in [0.1, 0.15) is 0 Å². The highest BCUT2D eigenvalue weighted by Crippen LogP contribution is 2.27. The molecule has 0 fully saturated rings. The number of nitrogens with one attached hydrogen (secondary N) is 1. The summed E-state index contributed by atoms with van der Waals surface area (Å²) in [7, 11) is 0. The second kappa shape index (κ2) is 9.51. The summed E-state index contributed by atoms with van der Waals surface area (Å²) in [5, 5.41) is 2.85. The Bertz CT molecular complexity index is 1010. The van der Waals surface area contributed by atoms with Crippen LogP contribution in [-0.4, -0.2) is 18.0 Å². The molecule has 146 valence electrons. The maximum atomic E-state index is 12.5. The second-order valence-corrected chi connectivity index (χ2v) is 6.72. The van der Waals surface area contributed by atoms with Crippen LogP contribution in [0.25, 0.3) is 17.2 Å². The molecule has 0 bridgehead atoms. The summed E-state index contributed by atoms with van der Waals surface area (Å²) in [5.41, 5.74) is 4.60. The Morgan fingerprint density at radius 2 is 1.55 bits per heavy atom. The number of benzene rings is 3. The number of para-hydroxylation sites is 1. The molecule has 29 heavy (non-hydrogen) atoms. The fourth-order valence-electron chi connectivity index (χ4n) is 2.80. The van der Waals surface area contributed by atoms with E-state index in [9.17, 15) is 9.59 Å². The SMILES string of the molecule is Cc1ccc(/C=C/C(=O)O[C@@H](C)C(=O)Nc2ccccc2-c2ccccc2)cc1. The van der Waals surface area contributed by atoms with Gasteiger partial charge in [-0.3, -0.25) is 4.79 Å². The smallest absolute Gasteiger partial charge is 0.331 e. The molecule has 0 unspecified atom stereocenters. The fraction of sp³-hybridized carbons (Fsp3) is 0.120.